The van der Waals surface area contributed by atoms with E-state index in [4.69, 9.17) is 0 Å². The van der Waals surface area contributed by atoms with Gasteiger partial charge in [0.2, 0.25) is 0 Å². The summed E-state index contributed by atoms with van der Waals surface area (Å²) in [4.78, 5) is 0. The van der Waals surface area contributed by atoms with Gasteiger partial charge in [-0.15, -0.1) is 0 Å². The van der Waals surface area contributed by atoms with E-state index in [1.807, 2.05) is 12.2 Å². The summed E-state index contributed by atoms with van der Waals surface area (Å²) >= 11 is 0. The van der Waals surface area contributed by atoms with Crippen molar-refractivity contribution in [2.45, 2.75) is 12.3 Å². The summed E-state index contributed by atoms with van der Waals surface area (Å²) in [6.07, 6.45) is 4.04. The van der Waals surface area contributed by atoms with Crippen molar-refractivity contribution in [3.63, 3.8) is 0 Å². The van der Waals surface area contributed by atoms with Gasteiger partial charge in [-0.05, 0) is 68.6 Å². The standard InChI is InChI=1S/C32H24/c1-4-24-25-10-6-8-12-29(25)32(28(24)5-2)30-13-9-7-11-26(30)27-19-18-23(20-31(27)32)22-16-14-21(3)15-17-22/h4-20H,1-2H2,3H3. The normalized spacial score (nSPS) is 17.8. The number of rotatable bonds is 3. The van der Waals surface area contributed by atoms with Crippen LogP contribution in [0.1, 0.15) is 27.8 Å². The van der Waals surface area contributed by atoms with Gasteiger partial charge in [-0.1, -0.05) is 116 Å². The largest absolute Gasteiger partial charge is 0.0987 e. The molecular formula is C32H24. The molecule has 0 amide bonds. The highest BCUT2D eigenvalue weighted by atomic mass is 14.5. The molecule has 0 aliphatic heterocycles. The maximum atomic E-state index is 4.27. The molecule has 0 radical (unpaired) electrons. The monoisotopic (exact) mass is 408 g/mol. The first-order valence-electron chi connectivity index (χ1n) is 11.1. The Morgan fingerprint density at radius 1 is 0.594 bits per heavy atom. The van der Waals surface area contributed by atoms with E-state index in [0.717, 1.165) is 0 Å². The van der Waals surface area contributed by atoms with E-state index in [-0.39, 0.29) is 5.41 Å². The predicted molar refractivity (Wildman–Crippen MR) is 136 cm³/mol. The second-order valence-electron chi connectivity index (χ2n) is 8.70. The van der Waals surface area contributed by atoms with Gasteiger partial charge in [-0.3, -0.25) is 0 Å². The minimum atomic E-state index is -0.367. The summed E-state index contributed by atoms with van der Waals surface area (Å²) in [5.74, 6) is 0. The average molecular weight is 409 g/mol. The van der Waals surface area contributed by atoms with Crippen molar-refractivity contribution in [3.8, 4) is 22.3 Å². The van der Waals surface area contributed by atoms with Gasteiger partial charge in [0, 0.05) is 0 Å². The van der Waals surface area contributed by atoms with E-state index < -0.39 is 0 Å². The Morgan fingerprint density at radius 3 is 1.88 bits per heavy atom. The van der Waals surface area contributed by atoms with E-state index in [1.165, 1.54) is 61.2 Å². The first-order valence-corrected chi connectivity index (χ1v) is 11.1. The Labute approximate surface area is 189 Å². The first kappa shape index (κ1) is 18.8. The Bertz CT molecular complexity index is 1450. The van der Waals surface area contributed by atoms with Crippen LogP contribution in [-0.4, -0.2) is 0 Å². The van der Waals surface area contributed by atoms with Gasteiger partial charge >= 0.3 is 0 Å². The van der Waals surface area contributed by atoms with Crippen LogP contribution in [0.25, 0.3) is 27.8 Å². The molecular weight excluding hydrogens is 384 g/mol. The lowest BCUT2D eigenvalue weighted by atomic mass is 9.69. The molecule has 0 fully saturated rings. The van der Waals surface area contributed by atoms with Crippen LogP contribution in [0.4, 0.5) is 0 Å². The van der Waals surface area contributed by atoms with Crippen LogP contribution in [0.15, 0.2) is 122 Å². The van der Waals surface area contributed by atoms with E-state index >= 15 is 0 Å². The molecule has 0 heterocycles. The predicted octanol–water partition coefficient (Wildman–Crippen LogP) is 8.12. The second-order valence-corrected chi connectivity index (χ2v) is 8.70. The maximum absolute atomic E-state index is 4.27. The Balaban J connectivity index is 1.74. The topological polar surface area (TPSA) is 0 Å². The zero-order valence-electron chi connectivity index (χ0n) is 18.2. The zero-order chi connectivity index (χ0) is 21.9. The summed E-state index contributed by atoms with van der Waals surface area (Å²) in [5, 5.41) is 0. The number of hydrogen-bond donors (Lipinski definition) is 0. The first-order chi connectivity index (χ1) is 15.7. The Kier molecular flexibility index (Phi) is 4.00. The molecule has 0 saturated heterocycles. The van der Waals surface area contributed by atoms with Crippen LogP contribution in [0.5, 0.6) is 0 Å². The van der Waals surface area contributed by atoms with Crippen molar-refractivity contribution >= 4 is 5.57 Å². The highest BCUT2D eigenvalue weighted by Gasteiger charge is 2.51. The molecule has 0 saturated carbocycles. The molecule has 152 valence electrons. The van der Waals surface area contributed by atoms with Crippen molar-refractivity contribution in [1.29, 1.82) is 0 Å². The molecule has 1 unspecified atom stereocenters. The lowest BCUT2D eigenvalue weighted by molar-refractivity contribution is 0.787. The number of aryl methyl sites for hydroxylation is 1. The van der Waals surface area contributed by atoms with Gasteiger partial charge < -0.3 is 0 Å². The van der Waals surface area contributed by atoms with Crippen molar-refractivity contribution in [2.24, 2.45) is 0 Å². The third-order valence-electron chi connectivity index (χ3n) is 7.15. The second kappa shape index (κ2) is 6.80. The van der Waals surface area contributed by atoms with Gasteiger partial charge in [-0.25, -0.2) is 0 Å². The minimum absolute atomic E-state index is 0.367. The molecule has 2 aliphatic carbocycles. The summed E-state index contributed by atoms with van der Waals surface area (Å²) < 4.78 is 0. The Morgan fingerprint density at radius 2 is 1.19 bits per heavy atom. The quantitative estimate of drug-likeness (QED) is 0.321. The van der Waals surface area contributed by atoms with Gasteiger partial charge in [0.05, 0.1) is 5.41 Å². The zero-order valence-corrected chi connectivity index (χ0v) is 18.2. The van der Waals surface area contributed by atoms with Gasteiger partial charge in [-0.2, -0.15) is 0 Å². The number of allylic oxidation sites excluding steroid dienone is 4. The maximum Gasteiger partial charge on any atom is 0.0725 e. The van der Waals surface area contributed by atoms with Gasteiger partial charge in [0.25, 0.3) is 0 Å². The smallest absolute Gasteiger partial charge is 0.0725 e. The fourth-order valence-electron chi connectivity index (χ4n) is 5.81. The molecule has 0 heteroatoms. The fourth-order valence-corrected chi connectivity index (χ4v) is 5.81. The van der Waals surface area contributed by atoms with E-state index in [1.54, 1.807) is 0 Å². The van der Waals surface area contributed by atoms with E-state index in [2.05, 4.69) is 111 Å². The van der Waals surface area contributed by atoms with Crippen LogP contribution >= 0.6 is 0 Å². The Hall–Kier alpha value is -3.90. The van der Waals surface area contributed by atoms with Crippen molar-refractivity contribution in [1.82, 2.24) is 0 Å². The fraction of sp³-hybridized carbons (Fsp3) is 0.0625. The summed E-state index contributed by atoms with van der Waals surface area (Å²) in [5.41, 5.74) is 13.6. The molecule has 1 atom stereocenters. The summed E-state index contributed by atoms with van der Waals surface area (Å²) in [6, 6.07) is 33.3. The minimum Gasteiger partial charge on any atom is -0.0987 e. The van der Waals surface area contributed by atoms with Crippen LogP contribution in [0.3, 0.4) is 0 Å². The molecule has 4 aromatic carbocycles. The lowest BCUT2D eigenvalue weighted by Gasteiger charge is -2.31. The molecule has 0 bridgehead atoms. The average Bonchev–Trinajstić information content (AvgIpc) is 3.30. The van der Waals surface area contributed by atoms with E-state index in [9.17, 15) is 0 Å². The van der Waals surface area contributed by atoms with Crippen molar-refractivity contribution < 1.29 is 0 Å². The molecule has 4 aromatic rings. The van der Waals surface area contributed by atoms with Gasteiger partial charge in [0.15, 0.2) is 0 Å². The number of benzene rings is 4. The molecule has 32 heavy (non-hydrogen) atoms. The van der Waals surface area contributed by atoms with Crippen molar-refractivity contribution in [3.05, 3.63) is 150 Å². The molecule has 1 spiro atoms. The van der Waals surface area contributed by atoms with Crippen LogP contribution in [0.2, 0.25) is 0 Å². The molecule has 2 aliphatic rings. The van der Waals surface area contributed by atoms with Crippen LogP contribution in [0, 0.1) is 6.92 Å². The summed E-state index contributed by atoms with van der Waals surface area (Å²) in [6.45, 7) is 10.6. The SMILES string of the molecule is C=CC1=C(C=C)C2(c3ccccc31)c1ccccc1-c1ccc(-c3ccc(C)cc3)cc12. The van der Waals surface area contributed by atoms with E-state index in [0.29, 0.717) is 0 Å². The highest BCUT2D eigenvalue weighted by Crippen LogP contribution is 2.62. The van der Waals surface area contributed by atoms with Crippen LogP contribution < -0.4 is 0 Å². The van der Waals surface area contributed by atoms with Crippen LogP contribution in [-0.2, 0) is 5.41 Å². The molecule has 0 aromatic heterocycles. The third-order valence-corrected chi connectivity index (χ3v) is 7.15. The highest BCUT2D eigenvalue weighted by molar-refractivity contribution is 5.98. The lowest BCUT2D eigenvalue weighted by Crippen LogP contribution is -2.26. The third kappa shape index (κ3) is 2.27. The summed E-state index contributed by atoms with van der Waals surface area (Å²) in [7, 11) is 0. The van der Waals surface area contributed by atoms with Gasteiger partial charge in [0.1, 0.15) is 0 Å². The molecule has 6 rings (SSSR count). The molecule has 0 N–H and O–H groups in total. The van der Waals surface area contributed by atoms with Crippen molar-refractivity contribution in [2.75, 3.05) is 0 Å². The number of hydrogen-bond acceptors (Lipinski definition) is 0. The number of fused-ring (bicyclic) bond motifs is 7. The molecule has 0 nitrogen and oxygen atoms in total.